The van der Waals surface area contributed by atoms with Crippen molar-refractivity contribution in [3.8, 4) is 0 Å². The van der Waals surface area contributed by atoms with Gasteiger partial charge in [-0.1, -0.05) is 0 Å². The molecule has 84 valence electrons. The molecule has 1 rings (SSSR count). The van der Waals surface area contributed by atoms with E-state index in [-0.39, 0.29) is 0 Å². The predicted octanol–water partition coefficient (Wildman–Crippen LogP) is 2.23. The molecule has 0 saturated heterocycles. The van der Waals surface area contributed by atoms with Crippen LogP contribution in [0.1, 0.15) is 11.5 Å². The van der Waals surface area contributed by atoms with Crippen molar-refractivity contribution in [1.82, 2.24) is 9.97 Å². The molecule has 3 nitrogen and oxygen atoms in total. The molecule has 0 unspecified atom stereocenters. The van der Waals surface area contributed by atoms with Gasteiger partial charge < -0.3 is 4.74 Å². The second kappa shape index (κ2) is 4.47. The van der Waals surface area contributed by atoms with Gasteiger partial charge in [0.05, 0.1) is 0 Å². The Morgan fingerprint density at radius 1 is 1.33 bits per heavy atom. The number of hydrogen-bond donors (Lipinski definition) is 0. The third-order valence-electron chi connectivity index (χ3n) is 1.33. The molecular formula is C7H5F5N2O. The molecule has 15 heavy (non-hydrogen) atoms. The average Bonchev–Trinajstić information content (AvgIpc) is 2.14. The summed E-state index contributed by atoms with van der Waals surface area (Å²) in [5.74, 6) is -0.440. The lowest BCUT2D eigenvalue weighted by Crippen LogP contribution is -2.11. The van der Waals surface area contributed by atoms with Crippen LogP contribution in [0.4, 0.5) is 22.0 Å². The minimum absolute atomic E-state index is 0.440. The third-order valence-corrected chi connectivity index (χ3v) is 1.33. The molecule has 1 aromatic rings. The number of rotatable bonds is 3. The first-order valence-corrected chi connectivity index (χ1v) is 3.68. The zero-order valence-electron chi connectivity index (χ0n) is 7.13. The van der Waals surface area contributed by atoms with E-state index in [1.54, 1.807) is 0 Å². The maximum Gasteiger partial charge on any atom is 0.433 e. The van der Waals surface area contributed by atoms with Gasteiger partial charge in [0.15, 0.2) is 5.82 Å². The van der Waals surface area contributed by atoms with Crippen molar-refractivity contribution in [3.63, 3.8) is 0 Å². The average molecular weight is 228 g/mol. The topological polar surface area (TPSA) is 35.0 Å². The fourth-order valence-corrected chi connectivity index (χ4v) is 0.764. The van der Waals surface area contributed by atoms with Gasteiger partial charge in [-0.15, -0.1) is 0 Å². The first kappa shape index (κ1) is 11.8. The molecule has 0 N–H and O–H groups in total. The van der Waals surface area contributed by atoms with E-state index in [0.29, 0.717) is 6.07 Å². The Morgan fingerprint density at radius 2 is 2.00 bits per heavy atom. The minimum Gasteiger partial charge on any atom is -0.315 e. The second-order valence-electron chi connectivity index (χ2n) is 2.43. The number of nitrogens with zero attached hydrogens (tertiary/aromatic N) is 2. The summed E-state index contributed by atoms with van der Waals surface area (Å²) in [7, 11) is 0. The lowest BCUT2D eigenvalue weighted by Gasteiger charge is -2.06. The lowest BCUT2D eigenvalue weighted by atomic mass is 10.4. The normalized spacial score (nSPS) is 12.1. The van der Waals surface area contributed by atoms with E-state index in [0.717, 1.165) is 6.20 Å². The van der Waals surface area contributed by atoms with Gasteiger partial charge in [-0.05, 0) is 6.07 Å². The summed E-state index contributed by atoms with van der Waals surface area (Å²) in [6.07, 6.45) is -3.79. The Bertz CT molecular complexity index is 327. The van der Waals surface area contributed by atoms with Crippen LogP contribution in [0.25, 0.3) is 0 Å². The molecule has 0 amide bonds. The van der Waals surface area contributed by atoms with Crippen molar-refractivity contribution in [2.75, 3.05) is 0 Å². The molecule has 0 aliphatic heterocycles. The number of alkyl halides is 5. The first-order valence-electron chi connectivity index (χ1n) is 3.68. The van der Waals surface area contributed by atoms with E-state index in [2.05, 4.69) is 14.7 Å². The van der Waals surface area contributed by atoms with Crippen LogP contribution in [0.15, 0.2) is 12.3 Å². The molecule has 0 bridgehead atoms. The number of halogens is 5. The van der Waals surface area contributed by atoms with Crippen LogP contribution >= 0.6 is 0 Å². The molecule has 0 aromatic carbocycles. The number of ether oxygens (including phenoxy) is 1. The second-order valence-corrected chi connectivity index (χ2v) is 2.43. The third kappa shape index (κ3) is 3.74. The monoisotopic (exact) mass is 228 g/mol. The van der Waals surface area contributed by atoms with Gasteiger partial charge in [-0.2, -0.15) is 22.0 Å². The highest BCUT2D eigenvalue weighted by atomic mass is 19.4. The van der Waals surface area contributed by atoms with Gasteiger partial charge in [-0.25, -0.2) is 9.97 Å². The van der Waals surface area contributed by atoms with E-state index in [1.807, 2.05) is 0 Å². The molecule has 1 aromatic heterocycles. The van der Waals surface area contributed by atoms with E-state index in [1.165, 1.54) is 0 Å². The Morgan fingerprint density at radius 3 is 2.53 bits per heavy atom. The van der Waals surface area contributed by atoms with Gasteiger partial charge >= 0.3 is 12.8 Å². The maximum atomic E-state index is 12.1. The van der Waals surface area contributed by atoms with Crippen molar-refractivity contribution in [3.05, 3.63) is 23.8 Å². The van der Waals surface area contributed by atoms with Crippen LogP contribution in [-0.2, 0) is 17.5 Å². The quantitative estimate of drug-likeness (QED) is 0.744. The van der Waals surface area contributed by atoms with Crippen molar-refractivity contribution >= 4 is 0 Å². The summed E-state index contributed by atoms with van der Waals surface area (Å²) in [6, 6.07) is 0.645. The van der Waals surface area contributed by atoms with Gasteiger partial charge in [-0.3, -0.25) is 0 Å². The van der Waals surface area contributed by atoms with Crippen LogP contribution in [-0.4, -0.2) is 16.6 Å². The van der Waals surface area contributed by atoms with E-state index < -0.39 is 30.9 Å². The SMILES string of the molecule is FC(F)OCc1nccc(C(F)(F)F)n1. The van der Waals surface area contributed by atoms with Crippen LogP contribution in [0.3, 0.4) is 0 Å². The maximum absolute atomic E-state index is 12.1. The molecule has 0 fully saturated rings. The Labute approximate surface area is 80.9 Å². The largest absolute Gasteiger partial charge is 0.433 e. The van der Waals surface area contributed by atoms with E-state index in [9.17, 15) is 22.0 Å². The van der Waals surface area contributed by atoms with E-state index >= 15 is 0 Å². The van der Waals surface area contributed by atoms with Crippen molar-refractivity contribution in [2.45, 2.75) is 19.4 Å². The molecule has 8 heteroatoms. The molecule has 1 heterocycles. The zero-order valence-corrected chi connectivity index (χ0v) is 7.13. The molecule has 0 atom stereocenters. The zero-order chi connectivity index (χ0) is 11.5. The number of hydrogen-bond acceptors (Lipinski definition) is 3. The summed E-state index contributed by atoms with van der Waals surface area (Å²) in [6.45, 7) is -3.83. The predicted molar refractivity (Wildman–Crippen MR) is 37.8 cm³/mol. The van der Waals surface area contributed by atoms with E-state index in [4.69, 9.17) is 0 Å². The summed E-state index contributed by atoms with van der Waals surface area (Å²) < 4.78 is 63.1. The van der Waals surface area contributed by atoms with Crippen LogP contribution in [0.2, 0.25) is 0 Å². The molecule has 0 saturated carbocycles. The molecule has 0 radical (unpaired) electrons. The van der Waals surface area contributed by atoms with Gasteiger partial charge in [0.25, 0.3) is 0 Å². The molecular weight excluding hydrogens is 223 g/mol. The van der Waals surface area contributed by atoms with Gasteiger partial charge in [0.2, 0.25) is 0 Å². The molecule has 0 spiro atoms. The molecule has 0 aliphatic carbocycles. The Hall–Kier alpha value is -1.31. The standard InChI is InChI=1S/C7H5F5N2O/c8-6(9)15-3-5-13-2-1-4(14-5)7(10,11)12/h1-2,6H,3H2. The van der Waals surface area contributed by atoms with Gasteiger partial charge in [0.1, 0.15) is 12.3 Å². The highest BCUT2D eigenvalue weighted by Gasteiger charge is 2.32. The summed E-state index contributed by atoms with van der Waals surface area (Å²) >= 11 is 0. The highest BCUT2D eigenvalue weighted by molar-refractivity contribution is 5.05. The van der Waals surface area contributed by atoms with Crippen molar-refractivity contribution < 1.29 is 26.7 Å². The fourth-order valence-electron chi connectivity index (χ4n) is 0.764. The summed E-state index contributed by atoms with van der Waals surface area (Å²) in [4.78, 5) is 6.38. The van der Waals surface area contributed by atoms with Crippen molar-refractivity contribution in [1.29, 1.82) is 0 Å². The molecule has 0 aliphatic rings. The van der Waals surface area contributed by atoms with Crippen LogP contribution in [0, 0.1) is 0 Å². The van der Waals surface area contributed by atoms with Crippen LogP contribution < -0.4 is 0 Å². The number of aromatic nitrogens is 2. The fraction of sp³-hybridized carbons (Fsp3) is 0.429. The first-order chi connectivity index (χ1) is 6.89. The Kier molecular flexibility index (Phi) is 3.51. The minimum atomic E-state index is -4.62. The lowest BCUT2D eigenvalue weighted by molar-refractivity contribution is -0.144. The highest BCUT2D eigenvalue weighted by Crippen LogP contribution is 2.26. The van der Waals surface area contributed by atoms with Crippen LogP contribution in [0.5, 0.6) is 0 Å². The van der Waals surface area contributed by atoms with Gasteiger partial charge in [0, 0.05) is 6.20 Å². The van der Waals surface area contributed by atoms with Crippen molar-refractivity contribution in [2.24, 2.45) is 0 Å². The summed E-state index contributed by atoms with van der Waals surface area (Å²) in [5.41, 5.74) is -1.19. The summed E-state index contributed by atoms with van der Waals surface area (Å²) in [5, 5.41) is 0. The Balaban J connectivity index is 2.75. The smallest absolute Gasteiger partial charge is 0.315 e.